The lowest BCUT2D eigenvalue weighted by molar-refractivity contribution is -0.118. The summed E-state index contributed by atoms with van der Waals surface area (Å²) in [4.78, 5) is 28.3. The number of pyridine rings is 1. The van der Waals surface area contributed by atoms with Crippen LogP contribution in [0, 0.1) is 0 Å². The summed E-state index contributed by atoms with van der Waals surface area (Å²) >= 11 is 2.69. The number of nitrogens with zero attached hydrogens (tertiary/aromatic N) is 1. The second-order valence-corrected chi connectivity index (χ2v) is 7.95. The topological polar surface area (TPSA) is 68.3 Å². The number of carbonyl (C=O) groups excluding carboxylic acids is 2. The van der Waals surface area contributed by atoms with Crippen LogP contribution in [0.5, 0.6) is 5.75 Å². The summed E-state index contributed by atoms with van der Waals surface area (Å²) in [5.41, 5.74) is 0.878. The zero-order valence-electron chi connectivity index (χ0n) is 13.1. The summed E-state index contributed by atoms with van der Waals surface area (Å²) in [7, 11) is 0. The third kappa shape index (κ3) is 3.67. The van der Waals surface area contributed by atoms with Crippen molar-refractivity contribution >= 4 is 44.3 Å². The average molecular weight is 370 g/mol. The SMILES string of the molecule is O=C1NC(=O)C(Cc2cc3ccc(OCc4ccccn4)cc3s2)S1. The van der Waals surface area contributed by atoms with E-state index in [1.807, 2.05) is 36.4 Å². The molecule has 2 aromatic heterocycles. The predicted molar refractivity (Wildman–Crippen MR) is 99.0 cm³/mol. The van der Waals surface area contributed by atoms with Crippen molar-refractivity contribution in [2.45, 2.75) is 18.3 Å². The number of rotatable bonds is 5. The number of amides is 2. The lowest BCUT2D eigenvalue weighted by atomic mass is 10.2. The summed E-state index contributed by atoms with van der Waals surface area (Å²) in [5.74, 6) is 0.585. The van der Waals surface area contributed by atoms with Gasteiger partial charge in [0.15, 0.2) is 0 Å². The van der Waals surface area contributed by atoms with Gasteiger partial charge in [0, 0.05) is 22.2 Å². The van der Waals surface area contributed by atoms with Crippen LogP contribution in [0.2, 0.25) is 0 Å². The Balaban J connectivity index is 1.47. The molecule has 1 aliphatic heterocycles. The van der Waals surface area contributed by atoms with Gasteiger partial charge in [-0.05, 0) is 41.8 Å². The standard InChI is InChI=1S/C18H14N2O3S2/c21-17-16(25-18(22)20-17)9-14-7-11-4-5-13(8-15(11)24-14)23-10-12-3-1-2-6-19-12/h1-8,16H,9-10H2,(H,20,21,22). The fraction of sp³-hybridized carbons (Fsp3) is 0.167. The molecule has 1 atom stereocenters. The maximum Gasteiger partial charge on any atom is 0.286 e. The van der Waals surface area contributed by atoms with Crippen molar-refractivity contribution in [1.82, 2.24) is 10.3 Å². The van der Waals surface area contributed by atoms with E-state index in [2.05, 4.69) is 16.4 Å². The molecule has 0 aliphatic carbocycles. The third-order valence-corrected chi connectivity index (χ3v) is 5.91. The van der Waals surface area contributed by atoms with E-state index in [0.29, 0.717) is 13.0 Å². The van der Waals surface area contributed by atoms with Gasteiger partial charge in [-0.25, -0.2) is 0 Å². The Morgan fingerprint density at radius 2 is 2.08 bits per heavy atom. The van der Waals surface area contributed by atoms with Gasteiger partial charge in [0.2, 0.25) is 5.91 Å². The molecule has 1 fully saturated rings. The van der Waals surface area contributed by atoms with Crippen LogP contribution in [0.3, 0.4) is 0 Å². The first kappa shape index (κ1) is 16.1. The Kier molecular flexibility index (Phi) is 4.42. The molecule has 1 N–H and O–H groups in total. The number of benzene rings is 1. The van der Waals surface area contributed by atoms with Gasteiger partial charge >= 0.3 is 0 Å². The van der Waals surface area contributed by atoms with Gasteiger partial charge in [0.1, 0.15) is 12.4 Å². The Morgan fingerprint density at radius 1 is 1.16 bits per heavy atom. The fourth-order valence-electron chi connectivity index (χ4n) is 2.61. The van der Waals surface area contributed by atoms with Crippen LogP contribution < -0.4 is 10.1 Å². The molecule has 3 aromatic rings. The van der Waals surface area contributed by atoms with Gasteiger partial charge in [0.25, 0.3) is 5.24 Å². The van der Waals surface area contributed by atoms with Crippen LogP contribution in [0.15, 0.2) is 48.7 Å². The first-order chi connectivity index (χ1) is 12.2. The second kappa shape index (κ2) is 6.85. The van der Waals surface area contributed by atoms with E-state index in [1.165, 1.54) is 0 Å². The van der Waals surface area contributed by atoms with Gasteiger partial charge in [-0.15, -0.1) is 11.3 Å². The van der Waals surface area contributed by atoms with Crippen LogP contribution >= 0.6 is 23.1 Å². The highest BCUT2D eigenvalue weighted by Gasteiger charge is 2.31. The molecule has 126 valence electrons. The smallest absolute Gasteiger partial charge is 0.286 e. The summed E-state index contributed by atoms with van der Waals surface area (Å²) in [6.07, 6.45) is 2.31. The number of hydrogen-bond acceptors (Lipinski definition) is 6. The molecule has 1 saturated heterocycles. The molecule has 1 unspecified atom stereocenters. The molecule has 0 bridgehead atoms. The number of fused-ring (bicyclic) bond motifs is 1. The van der Waals surface area contributed by atoms with Crippen molar-refractivity contribution in [2.24, 2.45) is 0 Å². The number of hydrogen-bond donors (Lipinski definition) is 1. The Labute approximate surface area is 152 Å². The Hall–Kier alpha value is -2.38. The highest BCUT2D eigenvalue weighted by Crippen LogP contribution is 2.32. The van der Waals surface area contributed by atoms with E-state index in [9.17, 15) is 9.59 Å². The minimum atomic E-state index is -0.333. The largest absolute Gasteiger partial charge is 0.487 e. The molecule has 5 nitrogen and oxygen atoms in total. The number of nitrogens with one attached hydrogen (secondary N) is 1. The molecule has 4 rings (SSSR count). The van der Waals surface area contributed by atoms with E-state index in [-0.39, 0.29) is 16.4 Å². The minimum absolute atomic E-state index is 0.202. The van der Waals surface area contributed by atoms with Crippen LogP contribution in [0.4, 0.5) is 4.79 Å². The summed E-state index contributed by atoms with van der Waals surface area (Å²) in [5, 5.41) is 2.84. The van der Waals surface area contributed by atoms with Crippen molar-refractivity contribution in [2.75, 3.05) is 0 Å². The summed E-state index contributed by atoms with van der Waals surface area (Å²) < 4.78 is 6.91. The lowest BCUT2D eigenvalue weighted by Gasteiger charge is -2.05. The number of aromatic nitrogens is 1. The normalized spacial score (nSPS) is 17.0. The van der Waals surface area contributed by atoms with Crippen LogP contribution in [0.25, 0.3) is 10.1 Å². The Morgan fingerprint density at radius 3 is 2.84 bits per heavy atom. The molecule has 3 heterocycles. The maximum atomic E-state index is 11.7. The number of thiophene rings is 1. The fourth-order valence-corrected chi connectivity index (χ4v) is 4.70. The lowest BCUT2D eigenvalue weighted by Crippen LogP contribution is -2.25. The molecule has 0 radical (unpaired) electrons. The molecular formula is C18H14N2O3S2. The molecule has 2 amide bonds. The quantitative estimate of drug-likeness (QED) is 0.740. The summed E-state index contributed by atoms with van der Waals surface area (Å²) in [6.45, 7) is 0.422. The minimum Gasteiger partial charge on any atom is -0.487 e. The number of ether oxygens (including phenoxy) is 1. The zero-order chi connectivity index (χ0) is 17.2. The Bertz CT molecular complexity index is 940. The second-order valence-electron chi connectivity index (χ2n) is 5.61. The van der Waals surface area contributed by atoms with Gasteiger partial charge in [-0.3, -0.25) is 19.9 Å². The van der Waals surface area contributed by atoms with Crippen LogP contribution in [-0.2, 0) is 17.8 Å². The van der Waals surface area contributed by atoms with E-state index >= 15 is 0 Å². The van der Waals surface area contributed by atoms with E-state index in [1.54, 1.807) is 17.5 Å². The number of imide groups is 1. The van der Waals surface area contributed by atoms with E-state index in [0.717, 1.165) is 38.2 Å². The molecule has 7 heteroatoms. The highest BCUT2D eigenvalue weighted by molar-refractivity contribution is 8.15. The first-order valence-corrected chi connectivity index (χ1v) is 9.44. The van der Waals surface area contributed by atoms with Gasteiger partial charge in [-0.1, -0.05) is 17.8 Å². The summed E-state index contributed by atoms with van der Waals surface area (Å²) in [6, 6.07) is 13.7. The highest BCUT2D eigenvalue weighted by atomic mass is 32.2. The molecule has 25 heavy (non-hydrogen) atoms. The molecular weight excluding hydrogens is 356 g/mol. The van der Waals surface area contributed by atoms with Crippen molar-refractivity contribution in [3.05, 3.63) is 59.2 Å². The first-order valence-electron chi connectivity index (χ1n) is 7.74. The average Bonchev–Trinajstić information content (AvgIpc) is 3.15. The van der Waals surface area contributed by atoms with E-state index in [4.69, 9.17) is 4.74 Å². The molecule has 1 aromatic carbocycles. The van der Waals surface area contributed by atoms with Crippen molar-refractivity contribution in [3.63, 3.8) is 0 Å². The van der Waals surface area contributed by atoms with Gasteiger partial charge < -0.3 is 4.74 Å². The maximum absolute atomic E-state index is 11.7. The van der Waals surface area contributed by atoms with Crippen molar-refractivity contribution < 1.29 is 14.3 Å². The molecule has 1 aliphatic rings. The van der Waals surface area contributed by atoms with Gasteiger partial charge in [0.05, 0.1) is 10.9 Å². The van der Waals surface area contributed by atoms with Crippen LogP contribution in [0.1, 0.15) is 10.6 Å². The number of thioether (sulfide) groups is 1. The monoisotopic (exact) mass is 370 g/mol. The molecule has 0 saturated carbocycles. The molecule has 0 spiro atoms. The third-order valence-electron chi connectivity index (χ3n) is 3.81. The van der Waals surface area contributed by atoms with E-state index < -0.39 is 0 Å². The van der Waals surface area contributed by atoms with Crippen LogP contribution in [-0.4, -0.2) is 21.4 Å². The zero-order valence-corrected chi connectivity index (χ0v) is 14.7. The predicted octanol–water partition coefficient (Wildman–Crippen LogP) is 3.77. The van der Waals surface area contributed by atoms with Crippen molar-refractivity contribution in [3.8, 4) is 5.75 Å². The van der Waals surface area contributed by atoms with Gasteiger partial charge in [-0.2, -0.15) is 0 Å². The van der Waals surface area contributed by atoms with Crippen molar-refractivity contribution in [1.29, 1.82) is 0 Å². The number of carbonyl (C=O) groups is 2.